The summed E-state index contributed by atoms with van der Waals surface area (Å²) in [5.74, 6) is 0. The highest BCUT2D eigenvalue weighted by atomic mass is 19.4. The molecule has 0 saturated heterocycles. The van der Waals surface area contributed by atoms with E-state index in [1.54, 1.807) is 0 Å². The van der Waals surface area contributed by atoms with E-state index >= 15 is 0 Å². The van der Waals surface area contributed by atoms with Crippen molar-refractivity contribution in [1.29, 1.82) is 0 Å². The Morgan fingerprint density at radius 2 is 2.00 bits per heavy atom. The Hall–Kier alpha value is -1.49. The molecule has 1 N–H and O–H groups in total. The molecule has 1 aromatic carbocycles. The minimum atomic E-state index is -4.07. The van der Waals surface area contributed by atoms with Crippen LogP contribution >= 0.6 is 0 Å². The lowest BCUT2D eigenvalue weighted by Crippen LogP contribution is -2.15. The maximum atomic E-state index is 12.2. The van der Waals surface area contributed by atoms with Gasteiger partial charge >= 0.3 is 6.18 Å². The van der Waals surface area contributed by atoms with Gasteiger partial charge in [-0.3, -0.25) is 0 Å². The average Bonchev–Trinajstić information content (AvgIpc) is 3.16. The maximum absolute atomic E-state index is 12.2. The van der Waals surface area contributed by atoms with Gasteiger partial charge in [0.05, 0.1) is 0 Å². The van der Waals surface area contributed by atoms with Crippen molar-refractivity contribution in [2.75, 3.05) is 0 Å². The van der Waals surface area contributed by atoms with Crippen LogP contribution in [0.3, 0.4) is 0 Å². The van der Waals surface area contributed by atoms with Crippen LogP contribution in [0.5, 0.6) is 0 Å². The van der Waals surface area contributed by atoms with Crippen LogP contribution in [0, 0.1) is 0 Å². The van der Waals surface area contributed by atoms with E-state index in [2.05, 4.69) is 11.4 Å². The summed E-state index contributed by atoms with van der Waals surface area (Å²) in [4.78, 5) is 0. The zero-order chi connectivity index (χ0) is 14.9. The number of alkyl halides is 3. The van der Waals surface area contributed by atoms with Crippen LogP contribution in [0.4, 0.5) is 13.2 Å². The van der Waals surface area contributed by atoms with Crippen LogP contribution in [0.2, 0.25) is 0 Å². The predicted octanol–water partition coefficient (Wildman–Crippen LogP) is 4.24. The lowest BCUT2D eigenvalue weighted by Gasteiger charge is -2.09. The number of halogens is 3. The van der Waals surface area contributed by atoms with Crippen LogP contribution in [0.15, 0.2) is 30.5 Å². The van der Waals surface area contributed by atoms with Crippen molar-refractivity contribution < 1.29 is 13.2 Å². The molecule has 21 heavy (non-hydrogen) atoms. The van der Waals surface area contributed by atoms with Gasteiger partial charge < -0.3 is 9.88 Å². The van der Waals surface area contributed by atoms with E-state index in [4.69, 9.17) is 0 Å². The number of nitrogens with one attached hydrogen (secondary N) is 1. The van der Waals surface area contributed by atoms with Crippen LogP contribution in [0.1, 0.15) is 31.2 Å². The minimum Gasteiger partial charge on any atom is -0.347 e. The molecule has 2 aromatic rings. The molecular formula is C16H19F3N2. The number of aryl methyl sites for hydroxylation is 1. The van der Waals surface area contributed by atoms with Gasteiger partial charge in [0.15, 0.2) is 0 Å². The summed E-state index contributed by atoms with van der Waals surface area (Å²) in [5.41, 5.74) is 2.24. The van der Waals surface area contributed by atoms with Crippen molar-refractivity contribution in [3.05, 3.63) is 36.0 Å². The second-order valence-corrected chi connectivity index (χ2v) is 5.73. The van der Waals surface area contributed by atoms with Crippen molar-refractivity contribution >= 4 is 10.9 Å². The normalized spacial score (nSPS) is 15.8. The number of aromatic nitrogens is 1. The fraction of sp³-hybridized carbons (Fsp3) is 0.500. The van der Waals surface area contributed by atoms with Crippen molar-refractivity contribution in [1.82, 2.24) is 9.88 Å². The van der Waals surface area contributed by atoms with Crippen LogP contribution < -0.4 is 5.32 Å². The summed E-state index contributed by atoms with van der Waals surface area (Å²) in [6.07, 6.45) is -0.291. The van der Waals surface area contributed by atoms with E-state index in [1.165, 1.54) is 18.4 Å². The first-order chi connectivity index (χ1) is 10.0. The molecule has 1 aliphatic carbocycles. The highest BCUT2D eigenvalue weighted by molar-refractivity contribution is 5.83. The molecule has 1 heterocycles. The smallest absolute Gasteiger partial charge is 0.347 e. The lowest BCUT2D eigenvalue weighted by molar-refractivity contribution is -0.135. The first kappa shape index (κ1) is 14.4. The number of hydrogen-bond acceptors (Lipinski definition) is 1. The van der Waals surface area contributed by atoms with E-state index in [1.807, 2.05) is 29.0 Å². The van der Waals surface area contributed by atoms with Gasteiger partial charge in [0.2, 0.25) is 0 Å². The third-order valence-corrected chi connectivity index (χ3v) is 3.92. The highest BCUT2D eigenvalue weighted by Gasteiger charge is 2.26. The Bertz CT molecular complexity index is 611. The number of fused-ring (bicyclic) bond motifs is 1. The topological polar surface area (TPSA) is 17.0 Å². The fourth-order valence-electron chi connectivity index (χ4n) is 2.63. The van der Waals surface area contributed by atoms with Gasteiger partial charge in [-0.2, -0.15) is 13.2 Å². The van der Waals surface area contributed by atoms with Crippen LogP contribution in [-0.4, -0.2) is 16.8 Å². The zero-order valence-electron chi connectivity index (χ0n) is 11.8. The van der Waals surface area contributed by atoms with Crippen LogP contribution in [0.25, 0.3) is 10.9 Å². The van der Waals surface area contributed by atoms with Gasteiger partial charge in [0.25, 0.3) is 0 Å². The lowest BCUT2D eigenvalue weighted by atomic mass is 10.1. The van der Waals surface area contributed by atoms with E-state index in [9.17, 15) is 13.2 Å². The monoisotopic (exact) mass is 296 g/mol. The average molecular weight is 296 g/mol. The predicted molar refractivity (Wildman–Crippen MR) is 77.1 cm³/mol. The summed E-state index contributed by atoms with van der Waals surface area (Å²) in [7, 11) is 0. The number of benzene rings is 1. The second-order valence-electron chi connectivity index (χ2n) is 5.73. The van der Waals surface area contributed by atoms with Gasteiger partial charge in [-0.25, -0.2) is 0 Å². The molecule has 0 spiro atoms. The highest BCUT2D eigenvalue weighted by Crippen LogP contribution is 2.25. The molecule has 0 radical (unpaired) electrons. The number of hydrogen-bond donors (Lipinski definition) is 1. The van der Waals surface area contributed by atoms with Gasteiger partial charge in [-0.1, -0.05) is 12.1 Å². The summed E-state index contributed by atoms with van der Waals surface area (Å²) >= 11 is 0. The van der Waals surface area contributed by atoms with E-state index in [-0.39, 0.29) is 6.42 Å². The zero-order valence-corrected chi connectivity index (χ0v) is 11.8. The largest absolute Gasteiger partial charge is 0.389 e. The molecule has 1 saturated carbocycles. The Morgan fingerprint density at radius 1 is 1.19 bits per heavy atom. The van der Waals surface area contributed by atoms with Gasteiger partial charge in [-0.05, 0) is 37.0 Å². The Kier molecular flexibility index (Phi) is 3.93. The quantitative estimate of drug-likeness (QED) is 0.844. The van der Waals surface area contributed by atoms with Gasteiger partial charge in [-0.15, -0.1) is 0 Å². The SMILES string of the molecule is FC(F)(F)CCCn1ccc2c(CNC3CC3)cccc21. The molecule has 0 atom stereocenters. The minimum absolute atomic E-state index is 0.123. The molecule has 114 valence electrons. The molecule has 0 amide bonds. The summed E-state index contributed by atoms with van der Waals surface area (Å²) in [6.45, 7) is 1.23. The van der Waals surface area contributed by atoms with Crippen molar-refractivity contribution in [2.45, 2.75) is 51.0 Å². The molecule has 5 heteroatoms. The van der Waals surface area contributed by atoms with Gasteiger partial charge in [0, 0.05) is 42.7 Å². The molecule has 0 aliphatic heterocycles. The maximum Gasteiger partial charge on any atom is 0.389 e. The molecule has 1 aliphatic rings. The Balaban J connectivity index is 1.70. The molecule has 1 aromatic heterocycles. The molecule has 0 unspecified atom stereocenters. The van der Waals surface area contributed by atoms with E-state index < -0.39 is 12.6 Å². The summed E-state index contributed by atoms with van der Waals surface area (Å²) < 4.78 is 38.6. The molecule has 3 rings (SSSR count). The Morgan fingerprint density at radius 3 is 2.71 bits per heavy atom. The molecule has 1 fully saturated rings. The third kappa shape index (κ3) is 3.79. The van der Waals surface area contributed by atoms with E-state index in [0.29, 0.717) is 12.6 Å². The Labute approximate surface area is 121 Å². The van der Waals surface area contributed by atoms with Crippen LogP contribution in [-0.2, 0) is 13.1 Å². The first-order valence-corrected chi connectivity index (χ1v) is 7.40. The fourth-order valence-corrected chi connectivity index (χ4v) is 2.63. The summed E-state index contributed by atoms with van der Waals surface area (Å²) in [5, 5.41) is 4.62. The third-order valence-electron chi connectivity index (χ3n) is 3.92. The van der Waals surface area contributed by atoms with Gasteiger partial charge in [0.1, 0.15) is 0 Å². The standard InChI is InChI=1S/C16H19F3N2/c17-16(18,19)8-2-9-21-10-7-14-12(3-1-4-15(14)21)11-20-13-5-6-13/h1,3-4,7,10,13,20H,2,5-6,8-9,11H2. The second kappa shape index (κ2) is 5.72. The summed E-state index contributed by atoms with van der Waals surface area (Å²) in [6, 6.07) is 8.69. The van der Waals surface area contributed by atoms with Crippen molar-refractivity contribution in [2.24, 2.45) is 0 Å². The van der Waals surface area contributed by atoms with Crippen molar-refractivity contribution in [3.8, 4) is 0 Å². The molecular weight excluding hydrogens is 277 g/mol. The molecule has 0 bridgehead atoms. The number of rotatable bonds is 6. The van der Waals surface area contributed by atoms with Crippen molar-refractivity contribution in [3.63, 3.8) is 0 Å². The number of nitrogens with zero attached hydrogens (tertiary/aromatic N) is 1. The molecule has 2 nitrogen and oxygen atoms in total. The van der Waals surface area contributed by atoms with E-state index in [0.717, 1.165) is 17.4 Å². The first-order valence-electron chi connectivity index (χ1n) is 7.40.